The second kappa shape index (κ2) is 8.13. The molecule has 1 aromatic carbocycles. The number of Topliss-reactive ketones (excluding diaryl/α,β-unsaturated/α-hetero) is 1. The molecule has 1 aliphatic rings. The maximum Gasteiger partial charge on any atom is 0.223 e. The second-order valence-corrected chi connectivity index (χ2v) is 6.90. The third kappa shape index (κ3) is 4.10. The van der Waals surface area contributed by atoms with Gasteiger partial charge in [0.1, 0.15) is 0 Å². The van der Waals surface area contributed by atoms with E-state index in [9.17, 15) is 9.59 Å². The van der Waals surface area contributed by atoms with Gasteiger partial charge in [-0.15, -0.1) is 0 Å². The number of amides is 1. The smallest absolute Gasteiger partial charge is 0.223 e. The fourth-order valence-corrected chi connectivity index (χ4v) is 3.69. The molecule has 1 aliphatic heterocycles. The summed E-state index contributed by atoms with van der Waals surface area (Å²) in [6.45, 7) is 5.64. The third-order valence-corrected chi connectivity index (χ3v) is 4.88. The predicted octanol–water partition coefficient (Wildman–Crippen LogP) is 3.17. The van der Waals surface area contributed by atoms with E-state index in [1.54, 1.807) is 24.5 Å². The molecule has 0 spiro atoms. The molecule has 1 fully saturated rings. The Hall–Kier alpha value is -2.69. The monoisotopic (exact) mass is 351 g/mol. The van der Waals surface area contributed by atoms with E-state index >= 15 is 0 Å². The maximum absolute atomic E-state index is 12.6. The van der Waals surface area contributed by atoms with Gasteiger partial charge in [-0.2, -0.15) is 0 Å². The maximum atomic E-state index is 12.6. The van der Waals surface area contributed by atoms with Crippen LogP contribution in [0, 0.1) is 0 Å². The van der Waals surface area contributed by atoms with E-state index in [1.807, 2.05) is 23.1 Å². The van der Waals surface area contributed by atoms with Crippen LogP contribution in [0.15, 0.2) is 54.9 Å². The summed E-state index contributed by atoms with van der Waals surface area (Å²) in [5.74, 6) is 0.0177. The summed E-state index contributed by atoms with van der Waals surface area (Å²) in [6.07, 6.45) is 3.66. The lowest BCUT2D eigenvalue weighted by Crippen LogP contribution is -2.58. The van der Waals surface area contributed by atoms with Gasteiger partial charge in [0.2, 0.25) is 5.91 Å². The number of pyridine rings is 1. The highest BCUT2D eigenvalue weighted by atomic mass is 16.2. The number of ketones is 1. The average Bonchev–Trinajstić information content (AvgIpc) is 2.66. The van der Waals surface area contributed by atoms with Crippen LogP contribution in [0.1, 0.15) is 37.0 Å². The standard InChI is InChI=1S/C21H25N3O2/c1-16-14-23(15-17(2)24(16)19-8-4-3-5-9-19)21(26)11-10-20(25)18-7-6-12-22-13-18/h3-9,12-13,16-17H,10-11,14-15H2,1-2H3. The summed E-state index contributed by atoms with van der Waals surface area (Å²) in [6, 6.07) is 14.3. The number of carbonyl (C=O) groups is 2. The lowest BCUT2D eigenvalue weighted by Gasteiger charge is -2.46. The van der Waals surface area contributed by atoms with Gasteiger partial charge >= 0.3 is 0 Å². The van der Waals surface area contributed by atoms with Gasteiger partial charge in [0, 0.05) is 61.7 Å². The normalized spacial score (nSPS) is 20.1. The first-order valence-corrected chi connectivity index (χ1v) is 9.10. The minimum atomic E-state index is -0.0320. The Balaban J connectivity index is 1.57. The van der Waals surface area contributed by atoms with E-state index in [4.69, 9.17) is 0 Å². The van der Waals surface area contributed by atoms with Crippen molar-refractivity contribution in [1.82, 2.24) is 9.88 Å². The average molecular weight is 351 g/mol. The topological polar surface area (TPSA) is 53.5 Å². The molecule has 5 heteroatoms. The first-order chi connectivity index (χ1) is 12.6. The number of para-hydroxylation sites is 1. The number of hydrogen-bond acceptors (Lipinski definition) is 4. The molecule has 0 bridgehead atoms. The van der Waals surface area contributed by atoms with E-state index in [2.05, 4.69) is 35.9 Å². The number of rotatable bonds is 5. The number of nitrogens with zero attached hydrogens (tertiary/aromatic N) is 3. The minimum absolute atomic E-state index is 0.0320. The van der Waals surface area contributed by atoms with Crippen molar-refractivity contribution in [2.24, 2.45) is 0 Å². The van der Waals surface area contributed by atoms with Crippen LogP contribution < -0.4 is 4.90 Å². The van der Waals surface area contributed by atoms with Gasteiger partial charge in [-0.3, -0.25) is 14.6 Å². The van der Waals surface area contributed by atoms with Gasteiger partial charge in [-0.25, -0.2) is 0 Å². The van der Waals surface area contributed by atoms with Crippen LogP contribution in [0.4, 0.5) is 5.69 Å². The summed E-state index contributed by atoms with van der Waals surface area (Å²) in [4.78, 5) is 33.0. The first-order valence-electron chi connectivity index (χ1n) is 9.10. The van der Waals surface area contributed by atoms with Crippen LogP contribution in [-0.2, 0) is 4.79 Å². The Morgan fingerprint density at radius 2 is 1.69 bits per heavy atom. The summed E-state index contributed by atoms with van der Waals surface area (Å²) in [7, 11) is 0. The largest absolute Gasteiger partial charge is 0.363 e. The number of benzene rings is 1. The number of carbonyl (C=O) groups excluding carboxylic acids is 2. The number of aromatic nitrogens is 1. The van der Waals surface area contributed by atoms with E-state index < -0.39 is 0 Å². The van der Waals surface area contributed by atoms with Crippen molar-refractivity contribution in [1.29, 1.82) is 0 Å². The molecule has 2 heterocycles. The highest BCUT2D eigenvalue weighted by Crippen LogP contribution is 2.24. The van der Waals surface area contributed by atoms with Crippen LogP contribution in [-0.4, -0.2) is 46.7 Å². The zero-order valence-corrected chi connectivity index (χ0v) is 15.3. The lowest BCUT2D eigenvalue weighted by molar-refractivity contribution is -0.132. The predicted molar refractivity (Wildman–Crippen MR) is 102 cm³/mol. The summed E-state index contributed by atoms with van der Waals surface area (Å²) < 4.78 is 0. The Labute approximate surface area is 154 Å². The van der Waals surface area contributed by atoms with Crippen molar-refractivity contribution in [3.8, 4) is 0 Å². The fraction of sp³-hybridized carbons (Fsp3) is 0.381. The quantitative estimate of drug-likeness (QED) is 0.777. The van der Waals surface area contributed by atoms with Crippen molar-refractivity contribution < 1.29 is 9.59 Å². The third-order valence-electron chi connectivity index (χ3n) is 4.88. The van der Waals surface area contributed by atoms with Crippen LogP contribution in [0.5, 0.6) is 0 Å². The molecule has 2 atom stereocenters. The molecule has 1 saturated heterocycles. The Bertz CT molecular complexity index is 736. The van der Waals surface area contributed by atoms with E-state index in [1.165, 1.54) is 5.69 Å². The summed E-state index contributed by atoms with van der Waals surface area (Å²) >= 11 is 0. The number of hydrogen-bond donors (Lipinski definition) is 0. The van der Waals surface area contributed by atoms with E-state index in [-0.39, 0.29) is 36.6 Å². The highest BCUT2D eigenvalue weighted by molar-refractivity contribution is 5.97. The van der Waals surface area contributed by atoms with Crippen LogP contribution in [0.3, 0.4) is 0 Å². The van der Waals surface area contributed by atoms with Gasteiger partial charge in [0.25, 0.3) is 0 Å². The molecule has 136 valence electrons. The van der Waals surface area contributed by atoms with Gasteiger partial charge in [-0.1, -0.05) is 18.2 Å². The van der Waals surface area contributed by atoms with Crippen molar-refractivity contribution in [3.63, 3.8) is 0 Å². The first kappa shape index (κ1) is 18.1. The van der Waals surface area contributed by atoms with E-state index in [0.717, 1.165) is 0 Å². The van der Waals surface area contributed by atoms with Crippen LogP contribution in [0.2, 0.25) is 0 Å². The molecule has 1 aromatic heterocycles. The summed E-state index contributed by atoms with van der Waals surface area (Å²) in [5, 5.41) is 0. The molecule has 26 heavy (non-hydrogen) atoms. The van der Waals surface area contributed by atoms with E-state index in [0.29, 0.717) is 18.7 Å². The van der Waals surface area contributed by atoms with Crippen molar-refractivity contribution in [2.45, 2.75) is 38.8 Å². The Kier molecular flexibility index (Phi) is 5.66. The molecule has 5 nitrogen and oxygen atoms in total. The number of piperazine rings is 1. The molecular formula is C21H25N3O2. The molecule has 0 radical (unpaired) electrons. The minimum Gasteiger partial charge on any atom is -0.363 e. The van der Waals surface area contributed by atoms with Crippen molar-refractivity contribution in [3.05, 3.63) is 60.4 Å². The Morgan fingerprint density at radius 3 is 2.31 bits per heavy atom. The van der Waals surface area contributed by atoms with Crippen LogP contribution in [0.25, 0.3) is 0 Å². The second-order valence-electron chi connectivity index (χ2n) is 6.90. The zero-order valence-electron chi connectivity index (χ0n) is 15.3. The molecule has 0 N–H and O–H groups in total. The van der Waals surface area contributed by atoms with Crippen molar-refractivity contribution >= 4 is 17.4 Å². The van der Waals surface area contributed by atoms with Gasteiger partial charge < -0.3 is 9.80 Å². The Morgan fingerprint density at radius 1 is 1.00 bits per heavy atom. The molecule has 3 rings (SSSR count). The lowest BCUT2D eigenvalue weighted by atomic mass is 10.0. The molecule has 0 saturated carbocycles. The van der Waals surface area contributed by atoms with Gasteiger partial charge in [0.05, 0.1) is 0 Å². The zero-order chi connectivity index (χ0) is 18.5. The van der Waals surface area contributed by atoms with Gasteiger partial charge in [0.15, 0.2) is 5.78 Å². The fourth-order valence-electron chi connectivity index (χ4n) is 3.69. The van der Waals surface area contributed by atoms with Gasteiger partial charge in [-0.05, 0) is 38.1 Å². The molecule has 2 unspecified atom stereocenters. The summed E-state index contributed by atoms with van der Waals surface area (Å²) in [5.41, 5.74) is 1.75. The molecule has 1 amide bonds. The van der Waals surface area contributed by atoms with Crippen LogP contribution >= 0.6 is 0 Å². The van der Waals surface area contributed by atoms with Crippen molar-refractivity contribution in [2.75, 3.05) is 18.0 Å². The molecule has 2 aromatic rings. The molecule has 0 aliphatic carbocycles. The SMILES string of the molecule is CC1CN(C(=O)CCC(=O)c2cccnc2)CC(C)N1c1ccccc1. The molecular weight excluding hydrogens is 326 g/mol. The highest BCUT2D eigenvalue weighted by Gasteiger charge is 2.31. The number of anilines is 1.